The number of carbonyl (C=O) groups is 2. The molecule has 0 aliphatic rings. The summed E-state index contributed by atoms with van der Waals surface area (Å²) in [5, 5.41) is 0. The van der Waals surface area contributed by atoms with Crippen LogP contribution in [0.15, 0.2) is 0 Å². The Hall–Kier alpha value is -1.14. The Kier molecular flexibility index (Phi) is 13.4. The molecule has 0 amide bonds. The van der Waals surface area contributed by atoms with Gasteiger partial charge in [-0.3, -0.25) is 20.4 Å². The van der Waals surface area contributed by atoms with Crippen LogP contribution in [0.3, 0.4) is 0 Å². The fourth-order valence-corrected chi connectivity index (χ4v) is 2.46. The van der Waals surface area contributed by atoms with E-state index >= 15 is 0 Å². The lowest BCUT2D eigenvalue weighted by Crippen LogP contribution is -2.33. The molecule has 0 aliphatic carbocycles. The highest BCUT2D eigenvalue weighted by molar-refractivity contribution is 5.70. The van der Waals surface area contributed by atoms with Gasteiger partial charge in [0.2, 0.25) is 0 Å². The topological polar surface area (TPSA) is 76.7 Å². The molecule has 27 heavy (non-hydrogen) atoms. The number of hydrogen-bond acceptors (Lipinski definition) is 6. The number of rotatable bonds is 14. The molecule has 0 aliphatic heterocycles. The van der Waals surface area contributed by atoms with Crippen LogP contribution in [0, 0.1) is 0 Å². The smallest absolute Gasteiger partial charge is 0.306 e. The Labute approximate surface area is 166 Å². The number of ether oxygens (including phenoxy) is 2. The first kappa shape index (κ1) is 25.9. The van der Waals surface area contributed by atoms with Crippen LogP contribution < -0.4 is 10.9 Å². The summed E-state index contributed by atoms with van der Waals surface area (Å²) in [4.78, 5) is 23.1. The van der Waals surface area contributed by atoms with E-state index in [1.165, 1.54) is 0 Å². The van der Waals surface area contributed by atoms with Gasteiger partial charge in [0.1, 0.15) is 11.2 Å². The zero-order chi connectivity index (χ0) is 20.8. The van der Waals surface area contributed by atoms with Gasteiger partial charge < -0.3 is 9.47 Å². The number of hydrogen-bond donors (Lipinski definition) is 2. The normalized spacial score (nSPS) is 12.1. The van der Waals surface area contributed by atoms with Gasteiger partial charge in [0, 0.05) is 25.9 Å². The van der Waals surface area contributed by atoms with E-state index in [0.29, 0.717) is 12.8 Å². The van der Waals surface area contributed by atoms with Crippen molar-refractivity contribution in [3.63, 3.8) is 0 Å². The van der Waals surface area contributed by atoms with Crippen molar-refractivity contribution in [1.82, 2.24) is 10.9 Å². The molecule has 0 rings (SSSR count). The van der Waals surface area contributed by atoms with Gasteiger partial charge in [-0.2, -0.15) is 0 Å². The first-order chi connectivity index (χ1) is 12.5. The van der Waals surface area contributed by atoms with Gasteiger partial charge in [-0.05, 0) is 67.2 Å². The largest absolute Gasteiger partial charge is 0.460 e. The third kappa shape index (κ3) is 21.0. The maximum atomic E-state index is 11.6. The van der Waals surface area contributed by atoms with Gasteiger partial charge in [0.05, 0.1) is 0 Å². The van der Waals surface area contributed by atoms with E-state index in [1.54, 1.807) is 0 Å². The zero-order valence-corrected chi connectivity index (χ0v) is 18.4. The standard InChI is InChI=1S/C21H42N2O4/c1-20(2,3)26-18(24)14-10-8-7-9-12-16-22-23-17-13-11-15-19(25)27-21(4,5)6/h22-23H,7-17H2,1-6H3. The minimum absolute atomic E-state index is 0.0972. The second kappa shape index (κ2) is 13.9. The summed E-state index contributed by atoms with van der Waals surface area (Å²) in [5.74, 6) is -0.220. The third-order valence-corrected chi connectivity index (χ3v) is 3.58. The number of hydrazine groups is 1. The highest BCUT2D eigenvalue weighted by Crippen LogP contribution is 2.11. The molecular weight excluding hydrogens is 344 g/mol. The van der Waals surface area contributed by atoms with Gasteiger partial charge in [-0.15, -0.1) is 0 Å². The summed E-state index contributed by atoms with van der Waals surface area (Å²) in [7, 11) is 0. The Morgan fingerprint density at radius 1 is 0.593 bits per heavy atom. The number of nitrogens with one attached hydrogen (secondary N) is 2. The Bertz CT molecular complexity index is 373. The van der Waals surface area contributed by atoms with Crippen LogP contribution in [0.4, 0.5) is 0 Å². The lowest BCUT2D eigenvalue weighted by molar-refractivity contribution is -0.156. The maximum absolute atomic E-state index is 11.6. The fourth-order valence-electron chi connectivity index (χ4n) is 2.46. The lowest BCUT2D eigenvalue weighted by Gasteiger charge is -2.19. The summed E-state index contributed by atoms with van der Waals surface area (Å²) < 4.78 is 10.6. The molecule has 0 saturated heterocycles. The van der Waals surface area contributed by atoms with Crippen molar-refractivity contribution < 1.29 is 19.1 Å². The van der Waals surface area contributed by atoms with Gasteiger partial charge >= 0.3 is 11.9 Å². The molecule has 0 atom stereocenters. The average Bonchev–Trinajstić information content (AvgIpc) is 2.48. The second-order valence-electron chi connectivity index (χ2n) is 9.00. The van der Waals surface area contributed by atoms with Crippen LogP contribution in [0.2, 0.25) is 0 Å². The molecule has 0 aromatic carbocycles. The first-order valence-electron chi connectivity index (χ1n) is 10.4. The van der Waals surface area contributed by atoms with Crippen LogP contribution in [0.1, 0.15) is 99.3 Å². The van der Waals surface area contributed by atoms with Crippen LogP contribution >= 0.6 is 0 Å². The molecule has 160 valence electrons. The number of esters is 2. The molecule has 0 unspecified atom stereocenters. The number of carbonyl (C=O) groups excluding carboxylic acids is 2. The summed E-state index contributed by atoms with van der Waals surface area (Å²) >= 11 is 0. The van der Waals surface area contributed by atoms with E-state index in [0.717, 1.165) is 58.0 Å². The number of unbranched alkanes of at least 4 members (excludes halogenated alkanes) is 5. The molecule has 0 aromatic rings. The van der Waals surface area contributed by atoms with Gasteiger partial charge in [-0.25, -0.2) is 0 Å². The van der Waals surface area contributed by atoms with E-state index < -0.39 is 5.60 Å². The summed E-state index contributed by atoms with van der Waals surface area (Å²) in [6.07, 6.45) is 8.13. The average molecular weight is 387 g/mol. The molecule has 6 heteroatoms. The highest BCUT2D eigenvalue weighted by Gasteiger charge is 2.16. The van der Waals surface area contributed by atoms with E-state index in [1.807, 2.05) is 41.5 Å². The molecule has 0 heterocycles. The predicted octanol–water partition coefficient (Wildman–Crippen LogP) is 4.27. The van der Waals surface area contributed by atoms with Crippen molar-refractivity contribution in [1.29, 1.82) is 0 Å². The van der Waals surface area contributed by atoms with Crippen molar-refractivity contribution in [2.24, 2.45) is 0 Å². The minimum Gasteiger partial charge on any atom is -0.460 e. The van der Waals surface area contributed by atoms with Gasteiger partial charge in [0.25, 0.3) is 0 Å². The van der Waals surface area contributed by atoms with Crippen molar-refractivity contribution in [3.8, 4) is 0 Å². The Morgan fingerprint density at radius 3 is 1.37 bits per heavy atom. The van der Waals surface area contributed by atoms with E-state index in [-0.39, 0.29) is 17.5 Å². The van der Waals surface area contributed by atoms with E-state index in [2.05, 4.69) is 10.9 Å². The quantitative estimate of drug-likeness (QED) is 0.264. The molecular formula is C21H42N2O4. The SMILES string of the molecule is CC(C)(C)OC(=O)CCCCCCCNNCCCCC(=O)OC(C)(C)C. The van der Waals surface area contributed by atoms with Crippen LogP contribution in [0.25, 0.3) is 0 Å². The Morgan fingerprint density at radius 2 is 0.926 bits per heavy atom. The monoisotopic (exact) mass is 386 g/mol. The van der Waals surface area contributed by atoms with Crippen LogP contribution in [-0.2, 0) is 19.1 Å². The van der Waals surface area contributed by atoms with Gasteiger partial charge in [0.15, 0.2) is 0 Å². The maximum Gasteiger partial charge on any atom is 0.306 e. The van der Waals surface area contributed by atoms with Crippen LogP contribution in [-0.4, -0.2) is 36.2 Å². The molecule has 0 radical (unpaired) electrons. The molecule has 2 N–H and O–H groups in total. The van der Waals surface area contributed by atoms with Crippen molar-refractivity contribution in [2.45, 2.75) is 111 Å². The summed E-state index contributed by atoms with van der Waals surface area (Å²) in [5.41, 5.74) is 5.61. The van der Waals surface area contributed by atoms with E-state index in [4.69, 9.17) is 9.47 Å². The molecule has 0 fully saturated rings. The van der Waals surface area contributed by atoms with E-state index in [9.17, 15) is 9.59 Å². The first-order valence-corrected chi connectivity index (χ1v) is 10.4. The van der Waals surface area contributed by atoms with Crippen LogP contribution in [0.5, 0.6) is 0 Å². The lowest BCUT2D eigenvalue weighted by atomic mass is 10.1. The van der Waals surface area contributed by atoms with Crippen molar-refractivity contribution >= 4 is 11.9 Å². The molecule has 0 bridgehead atoms. The van der Waals surface area contributed by atoms with Gasteiger partial charge in [-0.1, -0.05) is 19.3 Å². The summed E-state index contributed by atoms with van der Waals surface area (Å²) in [6, 6.07) is 0. The zero-order valence-electron chi connectivity index (χ0n) is 18.4. The second-order valence-corrected chi connectivity index (χ2v) is 9.00. The predicted molar refractivity (Wildman–Crippen MR) is 109 cm³/mol. The third-order valence-electron chi connectivity index (χ3n) is 3.58. The highest BCUT2D eigenvalue weighted by atomic mass is 16.6. The molecule has 0 saturated carbocycles. The fraction of sp³-hybridized carbons (Fsp3) is 0.905. The molecule has 0 aromatic heterocycles. The molecule has 6 nitrogen and oxygen atoms in total. The molecule has 0 spiro atoms. The summed E-state index contributed by atoms with van der Waals surface area (Å²) in [6.45, 7) is 13.1. The Balaban J connectivity index is 3.30. The van der Waals surface area contributed by atoms with Crippen molar-refractivity contribution in [2.75, 3.05) is 13.1 Å². The van der Waals surface area contributed by atoms with Crippen molar-refractivity contribution in [3.05, 3.63) is 0 Å². The minimum atomic E-state index is -0.396.